The number of nitrogens with zero attached hydrogens (tertiary/aromatic N) is 2. The van der Waals surface area contributed by atoms with E-state index in [4.69, 9.17) is 0 Å². The van der Waals surface area contributed by atoms with Gasteiger partial charge in [0.2, 0.25) is 5.82 Å². The minimum Gasteiger partial charge on any atom is -0.353 e. The molecule has 0 unspecified atom stereocenters. The Morgan fingerprint density at radius 3 is 2.87 bits per heavy atom. The van der Waals surface area contributed by atoms with Gasteiger partial charge in [-0.1, -0.05) is 29.8 Å². The molecular weight excluding hydrogens is 300 g/mol. The second kappa shape index (κ2) is 7.16. The number of aromatic nitrogens is 3. The maximum absolute atomic E-state index is 11.9. The molecule has 0 saturated carbocycles. The first-order valence-corrected chi connectivity index (χ1v) is 6.81. The summed E-state index contributed by atoms with van der Waals surface area (Å²) >= 11 is 0. The lowest BCUT2D eigenvalue weighted by Crippen LogP contribution is -2.38. The predicted molar refractivity (Wildman–Crippen MR) is 85.5 cm³/mol. The summed E-state index contributed by atoms with van der Waals surface area (Å²) in [6.07, 6.45) is 1.52. The van der Waals surface area contributed by atoms with Crippen LogP contribution in [-0.4, -0.2) is 33.3 Å². The van der Waals surface area contributed by atoms with Crippen molar-refractivity contribution in [3.05, 3.63) is 56.2 Å². The smallest absolute Gasteiger partial charge is 0.342 e. The van der Waals surface area contributed by atoms with Gasteiger partial charge in [-0.25, -0.2) is 15.3 Å². The lowest BCUT2D eigenvalue weighted by atomic mass is 10.2. The lowest BCUT2D eigenvalue weighted by Gasteiger charge is -2.11. The van der Waals surface area contributed by atoms with E-state index in [0.29, 0.717) is 0 Å². The number of carbonyl (C=O) groups is 1. The maximum Gasteiger partial charge on any atom is 0.342 e. The Balaban J connectivity index is 1.95. The molecule has 0 fully saturated rings. The Morgan fingerprint density at radius 1 is 1.39 bits per heavy atom. The minimum atomic E-state index is -0.774. The molecule has 2 aromatic rings. The number of hydrogen-bond acceptors (Lipinski definition) is 6. The van der Waals surface area contributed by atoms with Gasteiger partial charge in [0.1, 0.15) is 6.04 Å². The van der Waals surface area contributed by atoms with Crippen LogP contribution in [-0.2, 0) is 4.79 Å². The number of hydrazone groups is 1. The molecular formula is C14H16N6O3. The molecule has 2 rings (SSSR count). The molecule has 9 heteroatoms. The van der Waals surface area contributed by atoms with Crippen molar-refractivity contribution in [2.75, 3.05) is 5.32 Å². The highest BCUT2D eigenvalue weighted by Gasteiger charge is 2.14. The van der Waals surface area contributed by atoms with E-state index in [9.17, 15) is 14.4 Å². The van der Waals surface area contributed by atoms with Crippen molar-refractivity contribution in [3.8, 4) is 0 Å². The number of anilines is 1. The fraction of sp³-hybridized carbons (Fsp3) is 0.214. The van der Waals surface area contributed by atoms with Gasteiger partial charge in [-0.05, 0) is 19.4 Å². The number of hydrogen-bond donors (Lipinski definition) is 4. The summed E-state index contributed by atoms with van der Waals surface area (Å²) in [5.74, 6) is -0.615. The number of nitrogens with one attached hydrogen (secondary N) is 4. The third kappa shape index (κ3) is 4.63. The number of benzene rings is 1. The molecule has 23 heavy (non-hydrogen) atoms. The first-order chi connectivity index (χ1) is 11.0. The molecule has 0 aliphatic carbocycles. The molecule has 1 aromatic heterocycles. The van der Waals surface area contributed by atoms with E-state index in [-0.39, 0.29) is 5.82 Å². The number of rotatable bonds is 5. The predicted octanol–water partition coefficient (Wildman–Crippen LogP) is -0.283. The highest BCUT2D eigenvalue weighted by Crippen LogP contribution is 2.00. The van der Waals surface area contributed by atoms with Crippen LogP contribution < -0.4 is 22.0 Å². The molecule has 0 saturated heterocycles. The highest BCUT2D eigenvalue weighted by atomic mass is 16.2. The summed E-state index contributed by atoms with van der Waals surface area (Å²) in [7, 11) is 0. The van der Waals surface area contributed by atoms with Crippen LogP contribution in [0.3, 0.4) is 0 Å². The normalized spacial score (nSPS) is 12.1. The van der Waals surface area contributed by atoms with Crippen molar-refractivity contribution >= 4 is 17.9 Å². The van der Waals surface area contributed by atoms with Crippen molar-refractivity contribution in [2.45, 2.75) is 19.9 Å². The number of aryl methyl sites for hydroxylation is 1. The van der Waals surface area contributed by atoms with Crippen LogP contribution >= 0.6 is 0 Å². The molecule has 0 aliphatic heterocycles. The first-order valence-electron chi connectivity index (χ1n) is 6.81. The van der Waals surface area contributed by atoms with Crippen LogP contribution in [0.15, 0.2) is 39.0 Å². The Hall–Kier alpha value is -3.23. The van der Waals surface area contributed by atoms with Crippen molar-refractivity contribution < 1.29 is 4.79 Å². The van der Waals surface area contributed by atoms with Gasteiger partial charge in [0.05, 0.1) is 6.21 Å². The first kappa shape index (κ1) is 16.1. The van der Waals surface area contributed by atoms with Gasteiger partial charge in [-0.15, -0.1) is 5.10 Å². The molecule has 0 radical (unpaired) electrons. The van der Waals surface area contributed by atoms with E-state index in [0.717, 1.165) is 11.1 Å². The van der Waals surface area contributed by atoms with Crippen LogP contribution in [0.1, 0.15) is 18.1 Å². The number of amides is 1. The fourth-order valence-electron chi connectivity index (χ4n) is 1.73. The molecule has 0 spiro atoms. The molecule has 1 heterocycles. The summed E-state index contributed by atoms with van der Waals surface area (Å²) in [5.41, 5.74) is 2.86. The van der Waals surface area contributed by atoms with Crippen LogP contribution in [0.25, 0.3) is 0 Å². The highest BCUT2D eigenvalue weighted by molar-refractivity contribution is 5.86. The van der Waals surface area contributed by atoms with Crippen LogP contribution in [0.4, 0.5) is 5.82 Å². The van der Waals surface area contributed by atoms with E-state index < -0.39 is 23.2 Å². The summed E-state index contributed by atoms with van der Waals surface area (Å²) in [5, 5.41) is 12.0. The molecule has 1 amide bonds. The second-order valence-electron chi connectivity index (χ2n) is 4.87. The largest absolute Gasteiger partial charge is 0.353 e. The summed E-state index contributed by atoms with van der Waals surface area (Å²) in [6.45, 7) is 3.49. The van der Waals surface area contributed by atoms with Crippen LogP contribution in [0.5, 0.6) is 0 Å². The Kier molecular flexibility index (Phi) is 5.03. The lowest BCUT2D eigenvalue weighted by molar-refractivity contribution is -0.121. The van der Waals surface area contributed by atoms with Gasteiger partial charge < -0.3 is 5.32 Å². The topological polar surface area (TPSA) is 132 Å². The van der Waals surface area contributed by atoms with Gasteiger partial charge in [-0.3, -0.25) is 14.6 Å². The van der Waals surface area contributed by atoms with Crippen molar-refractivity contribution in [1.82, 2.24) is 20.6 Å². The van der Waals surface area contributed by atoms with E-state index in [1.54, 1.807) is 0 Å². The van der Waals surface area contributed by atoms with E-state index in [1.165, 1.54) is 13.1 Å². The van der Waals surface area contributed by atoms with E-state index in [2.05, 4.69) is 26.0 Å². The van der Waals surface area contributed by atoms with Crippen molar-refractivity contribution in [3.63, 3.8) is 0 Å². The van der Waals surface area contributed by atoms with Gasteiger partial charge in [-0.2, -0.15) is 5.10 Å². The zero-order chi connectivity index (χ0) is 16.8. The van der Waals surface area contributed by atoms with E-state index in [1.807, 2.05) is 36.2 Å². The number of carbonyl (C=O) groups excluding carboxylic acids is 1. The van der Waals surface area contributed by atoms with Crippen molar-refractivity contribution in [1.29, 1.82) is 0 Å². The van der Waals surface area contributed by atoms with Crippen molar-refractivity contribution in [2.24, 2.45) is 5.10 Å². The Morgan fingerprint density at radius 2 is 2.17 bits per heavy atom. The zero-order valence-corrected chi connectivity index (χ0v) is 12.6. The maximum atomic E-state index is 11.9. The third-order valence-electron chi connectivity index (χ3n) is 2.89. The van der Waals surface area contributed by atoms with Gasteiger partial charge >= 0.3 is 5.69 Å². The molecule has 0 bridgehead atoms. The molecule has 9 nitrogen and oxygen atoms in total. The van der Waals surface area contributed by atoms with E-state index >= 15 is 0 Å². The molecule has 1 atom stereocenters. The third-order valence-corrected chi connectivity index (χ3v) is 2.89. The monoisotopic (exact) mass is 316 g/mol. The van der Waals surface area contributed by atoms with Crippen LogP contribution in [0.2, 0.25) is 0 Å². The molecule has 1 aromatic carbocycles. The quantitative estimate of drug-likeness (QED) is 0.445. The standard InChI is InChI=1S/C14H16N6O3/c1-8-4-3-5-10(6-8)7-15-19-12(21)9(2)16-11-13(22)17-14(23)20-18-11/h3-7,9H,1-2H3,(H,16,18)(H,19,21)(H2,17,20,22,23)/t9-/m1/s1. The average Bonchev–Trinajstić information content (AvgIpc) is 2.50. The summed E-state index contributed by atoms with van der Waals surface area (Å²) < 4.78 is 0. The number of H-pyrrole nitrogens is 2. The van der Waals surface area contributed by atoms with Gasteiger partial charge in [0.25, 0.3) is 11.5 Å². The second-order valence-corrected chi connectivity index (χ2v) is 4.87. The Labute approximate surface area is 130 Å². The zero-order valence-electron chi connectivity index (χ0n) is 12.6. The molecule has 120 valence electrons. The molecule has 4 N–H and O–H groups in total. The fourth-order valence-corrected chi connectivity index (χ4v) is 1.73. The van der Waals surface area contributed by atoms with Crippen LogP contribution in [0, 0.1) is 6.92 Å². The minimum absolute atomic E-state index is 0.157. The average molecular weight is 316 g/mol. The summed E-state index contributed by atoms with van der Waals surface area (Å²) in [6, 6.07) is 6.84. The van der Waals surface area contributed by atoms with Gasteiger partial charge in [0.15, 0.2) is 0 Å². The molecule has 0 aliphatic rings. The SMILES string of the molecule is Cc1cccc(C=NNC(=O)[C@@H](C)Nc2n[nH]c(=O)[nH]c2=O)c1. The summed E-state index contributed by atoms with van der Waals surface area (Å²) in [4.78, 5) is 36.2. The Bertz CT molecular complexity index is 839. The van der Waals surface area contributed by atoms with Gasteiger partial charge in [0, 0.05) is 0 Å². The number of aromatic amines is 2.